The topological polar surface area (TPSA) is 37.3 Å². The van der Waals surface area contributed by atoms with E-state index in [2.05, 4.69) is 15.9 Å². The second-order valence-corrected chi connectivity index (χ2v) is 5.24. The molecule has 2 nitrogen and oxygen atoms in total. The van der Waals surface area contributed by atoms with Crippen molar-refractivity contribution >= 4 is 21.9 Å². The third kappa shape index (κ3) is 1.98. The van der Waals surface area contributed by atoms with Crippen LogP contribution in [0.15, 0.2) is 22.7 Å². The van der Waals surface area contributed by atoms with Gasteiger partial charge in [0.05, 0.1) is 6.42 Å². The molecule has 1 aromatic rings. The third-order valence-corrected chi connectivity index (χ3v) is 3.79. The van der Waals surface area contributed by atoms with E-state index in [1.807, 2.05) is 0 Å². The van der Waals surface area contributed by atoms with Crippen molar-refractivity contribution in [2.24, 2.45) is 0 Å². The summed E-state index contributed by atoms with van der Waals surface area (Å²) in [5.41, 5.74) is 0.0511. The van der Waals surface area contributed by atoms with Crippen LogP contribution < -0.4 is 0 Å². The number of carboxylic acid groups (broad SMARTS) is 1. The number of hydrogen-bond donors (Lipinski definition) is 1. The molecule has 0 aliphatic heterocycles. The Kier molecular flexibility index (Phi) is 3.02. The summed E-state index contributed by atoms with van der Waals surface area (Å²) in [6.45, 7) is 0. The van der Waals surface area contributed by atoms with E-state index in [1.165, 1.54) is 6.07 Å². The molecule has 0 bridgehead atoms. The molecule has 2 rings (SSSR count). The van der Waals surface area contributed by atoms with E-state index in [4.69, 9.17) is 5.11 Å². The molecule has 1 aliphatic carbocycles. The van der Waals surface area contributed by atoms with Crippen LogP contribution in [0.2, 0.25) is 0 Å². The van der Waals surface area contributed by atoms with Crippen molar-refractivity contribution in [3.8, 4) is 0 Å². The van der Waals surface area contributed by atoms with Crippen LogP contribution in [-0.2, 0) is 10.2 Å². The van der Waals surface area contributed by atoms with E-state index >= 15 is 0 Å². The van der Waals surface area contributed by atoms with E-state index in [0.717, 1.165) is 23.7 Å². The lowest BCUT2D eigenvalue weighted by atomic mass is 9.62. The first kappa shape index (κ1) is 11.6. The Morgan fingerprint density at radius 2 is 2.19 bits per heavy atom. The highest BCUT2D eigenvalue weighted by molar-refractivity contribution is 9.10. The summed E-state index contributed by atoms with van der Waals surface area (Å²) in [6, 6.07) is 4.73. The monoisotopic (exact) mass is 286 g/mol. The van der Waals surface area contributed by atoms with Crippen LogP contribution in [0.3, 0.4) is 0 Å². The molecule has 0 saturated heterocycles. The van der Waals surface area contributed by atoms with Crippen molar-refractivity contribution in [3.05, 3.63) is 34.1 Å². The molecule has 0 radical (unpaired) electrons. The molecule has 16 heavy (non-hydrogen) atoms. The minimum absolute atomic E-state index is 0.0143. The van der Waals surface area contributed by atoms with Gasteiger partial charge in [-0.3, -0.25) is 4.79 Å². The van der Waals surface area contributed by atoms with Crippen molar-refractivity contribution in [3.63, 3.8) is 0 Å². The van der Waals surface area contributed by atoms with Crippen molar-refractivity contribution in [1.82, 2.24) is 0 Å². The number of aliphatic carboxylic acids is 1. The summed E-state index contributed by atoms with van der Waals surface area (Å²) in [5.74, 6) is -1.16. The van der Waals surface area contributed by atoms with E-state index in [0.29, 0.717) is 5.56 Å². The molecule has 1 N–H and O–H groups in total. The third-order valence-electron chi connectivity index (χ3n) is 3.30. The van der Waals surface area contributed by atoms with Gasteiger partial charge in [0.1, 0.15) is 5.82 Å². The Morgan fingerprint density at radius 3 is 2.69 bits per heavy atom. The number of hydrogen-bond acceptors (Lipinski definition) is 1. The van der Waals surface area contributed by atoms with E-state index in [1.54, 1.807) is 12.1 Å². The molecule has 0 spiro atoms. The Bertz CT molecular complexity index is 427. The fourth-order valence-electron chi connectivity index (χ4n) is 2.34. The second kappa shape index (κ2) is 4.17. The van der Waals surface area contributed by atoms with Gasteiger partial charge in [0.25, 0.3) is 0 Å². The lowest BCUT2D eigenvalue weighted by Crippen LogP contribution is -2.37. The van der Waals surface area contributed by atoms with Gasteiger partial charge in [0, 0.05) is 9.89 Å². The van der Waals surface area contributed by atoms with Gasteiger partial charge < -0.3 is 5.11 Å². The van der Waals surface area contributed by atoms with Crippen LogP contribution in [0, 0.1) is 5.82 Å². The highest BCUT2D eigenvalue weighted by Crippen LogP contribution is 2.47. The molecule has 1 saturated carbocycles. The molecule has 0 aromatic heterocycles. The standard InChI is InChI=1S/C12H12BrFO2/c13-8-2-3-10(14)9(6-8)12(4-1-5-12)7-11(15)16/h2-3,6H,1,4-5,7H2,(H,15,16). The minimum atomic E-state index is -0.862. The summed E-state index contributed by atoms with van der Waals surface area (Å²) in [5, 5.41) is 8.90. The van der Waals surface area contributed by atoms with Crippen molar-refractivity contribution < 1.29 is 14.3 Å². The highest BCUT2D eigenvalue weighted by Gasteiger charge is 2.42. The first-order valence-corrected chi connectivity index (χ1v) is 6.00. The number of carbonyl (C=O) groups is 1. The molecule has 86 valence electrons. The SMILES string of the molecule is O=C(O)CC1(c2cc(Br)ccc2F)CCC1. The summed E-state index contributed by atoms with van der Waals surface area (Å²) in [6.07, 6.45) is 2.50. The van der Waals surface area contributed by atoms with Gasteiger partial charge in [-0.05, 0) is 36.6 Å². The van der Waals surface area contributed by atoms with E-state index < -0.39 is 11.4 Å². The molecule has 0 atom stereocenters. The zero-order valence-corrected chi connectivity index (χ0v) is 10.3. The van der Waals surface area contributed by atoms with Crippen molar-refractivity contribution in [1.29, 1.82) is 0 Å². The van der Waals surface area contributed by atoms with Crippen LogP contribution in [0.1, 0.15) is 31.2 Å². The van der Waals surface area contributed by atoms with Crippen molar-refractivity contribution in [2.45, 2.75) is 31.1 Å². The van der Waals surface area contributed by atoms with Crippen LogP contribution in [-0.4, -0.2) is 11.1 Å². The van der Waals surface area contributed by atoms with E-state index in [-0.39, 0.29) is 12.2 Å². The van der Waals surface area contributed by atoms with Gasteiger partial charge >= 0.3 is 5.97 Å². The lowest BCUT2D eigenvalue weighted by Gasteiger charge is -2.41. The lowest BCUT2D eigenvalue weighted by molar-refractivity contribution is -0.139. The average molecular weight is 287 g/mol. The Balaban J connectivity index is 2.39. The molecule has 0 heterocycles. The molecule has 1 aliphatic rings. The Morgan fingerprint density at radius 1 is 1.50 bits per heavy atom. The van der Waals surface area contributed by atoms with Crippen molar-refractivity contribution in [2.75, 3.05) is 0 Å². The van der Waals surface area contributed by atoms with Gasteiger partial charge in [0.15, 0.2) is 0 Å². The average Bonchev–Trinajstić information content (AvgIpc) is 2.15. The second-order valence-electron chi connectivity index (χ2n) is 4.33. The Labute approximate surface area is 102 Å². The van der Waals surface area contributed by atoms with Crippen LogP contribution in [0.4, 0.5) is 4.39 Å². The zero-order valence-electron chi connectivity index (χ0n) is 8.67. The number of carboxylic acids is 1. The smallest absolute Gasteiger partial charge is 0.304 e. The summed E-state index contributed by atoms with van der Waals surface area (Å²) in [7, 11) is 0. The molecule has 0 amide bonds. The minimum Gasteiger partial charge on any atom is -0.481 e. The van der Waals surface area contributed by atoms with Gasteiger partial charge in [-0.15, -0.1) is 0 Å². The Hall–Kier alpha value is -0.900. The molecule has 1 fully saturated rings. The number of rotatable bonds is 3. The molecule has 1 aromatic carbocycles. The van der Waals surface area contributed by atoms with Crippen LogP contribution in [0.5, 0.6) is 0 Å². The predicted molar refractivity (Wildman–Crippen MR) is 61.9 cm³/mol. The normalized spacial score (nSPS) is 17.9. The quantitative estimate of drug-likeness (QED) is 0.924. The first-order valence-electron chi connectivity index (χ1n) is 5.21. The summed E-state index contributed by atoms with van der Waals surface area (Å²) >= 11 is 3.29. The van der Waals surface area contributed by atoms with Gasteiger partial charge in [-0.2, -0.15) is 0 Å². The fraction of sp³-hybridized carbons (Fsp3) is 0.417. The molecule has 0 unspecified atom stereocenters. The van der Waals surface area contributed by atoms with E-state index in [9.17, 15) is 9.18 Å². The maximum atomic E-state index is 13.7. The molecular formula is C12H12BrFO2. The summed E-state index contributed by atoms with van der Waals surface area (Å²) < 4.78 is 14.5. The molecule has 4 heteroatoms. The zero-order chi connectivity index (χ0) is 11.8. The van der Waals surface area contributed by atoms with Gasteiger partial charge in [-0.1, -0.05) is 22.4 Å². The maximum Gasteiger partial charge on any atom is 0.304 e. The van der Waals surface area contributed by atoms with Crippen LogP contribution in [0.25, 0.3) is 0 Å². The largest absolute Gasteiger partial charge is 0.481 e. The predicted octanol–water partition coefficient (Wildman–Crippen LogP) is 3.48. The van der Waals surface area contributed by atoms with Gasteiger partial charge in [0.2, 0.25) is 0 Å². The van der Waals surface area contributed by atoms with Crippen LogP contribution >= 0.6 is 15.9 Å². The molecular weight excluding hydrogens is 275 g/mol. The highest BCUT2D eigenvalue weighted by atomic mass is 79.9. The van der Waals surface area contributed by atoms with Gasteiger partial charge in [-0.25, -0.2) is 4.39 Å². The first-order chi connectivity index (χ1) is 7.53. The number of benzene rings is 1. The maximum absolute atomic E-state index is 13.7. The summed E-state index contributed by atoms with van der Waals surface area (Å²) in [4.78, 5) is 10.8. The fourth-order valence-corrected chi connectivity index (χ4v) is 2.70. The number of halogens is 2.